The van der Waals surface area contributed by atoms with Gasteiger partial charge < -0.3 is 15.0 Å². The van der Waals surface area contributed by atoms with Crippen molar-refractivity contribution in [2.75, 3.05) is 25.0 Å². The summed E-state index contributed by atoms with van der Waals surface area (Å²) < 4.78 is 7.81. The van der Waals surface area contributed by atoms with Crippen LogP contribution in [0, 0.1) is 0 Å². The molecule has 1 amide bonds. The Morgan fingerprint density at radius 2 is 2.04 bits per heavy atom. The maximum absolute atomic E-state index is 12.7. The Morgan fingerprint density at radius 1 is 1.27 bits per heavy atom. The van der Waals surface area contributed by atoms with Gasteiger partial charge in [-0.05, 0) is 37.8 Å². The third-order valence-corrected chi connectivity index (χ3v) is 5.39. The summed E-state index contributed by atoms with van der Waals surface area (Å²) >= 11 is 0. The van der Waals surface area contributed by atoms with Gasteiger partial charge in [-0.25, -0.2) is 9.97 Å². The van der Waals surface area contributed by atoms with Gasteiger partial charge in [-0.3, -0.25) is 9.48 Å². The summed E-state index contributed by atoms with van der Waals surface area (Å²) in [5, 5.41) is 7.51. The van der Waals surface area contributed by atoms with Gasteiger partial charge in [0, 0.05) is 51.4 Å². The molecule has 2 aliphatic heterocycles. The van der Waals surface area contributed by atoms with Crippen molar-refractivity contribution in [2.45, 2.75) is 37.3 Å². The van der Waals surface area contributed by atoms with Crippen molar-refractivity contribution in [3.8, 4) is 0 Å². The van der Waals surface area contributed by atoms with Crippen LogP contribution in [-0.4, -0.2) is 61.9 Å². The molecule has 0 radical (unpaired) electrons. The number of amides is 1. The average Bonchev–Trinajstić information content (AvgIpc) is 3.09. The van der Waals surface area contributed by atoms with Gasteiger partial charge >= 0.3 is 0 Å². The number of anilines is 1. The maximum atomic E-state index is 12.7. The molecule has 1 atom stereocenters. The average molecular weight is 356 g/mol. The number of nitrogens with zero attached hydrogens (tertiary/aromatic N) is 5. The SMILES string of the molecule is Cn1nccc1C(=O)N1CCC2(CC1)CC(Nc1ncccn1)CCO2. The predicted molar refractivity (Wildman–Crippen MR) is 95.7 cm³/mol. The molecule has 0 bridgehead atoms. The van der Waals surface area contributed by atoms with Gasteiger partial charge in [0.05, 0.1) is 5.60 Å². The van der Waals surface area contributed by atoms with E-state index in [1.807, 2.05) is 11.0 Å². The Labute approximate surface area is 152 Å². The number of hydrogen-bond acceptors (Lipinski definition) is 6. The predicted octanol–water partition coefficient (Wildman–Crippen LogP) is 1.48. The molecule has 0 aromatic carbocycles. The van der Waals surface area contributed by atoms with Gasteiger partial charge in [-0.15, -0.1) is 0 Å². The van der Waals surface area contributed by atoms with Gasteiger partial charge in [0.1, 0.15) is 5.69 Å². The topological polar surface area (TPSA) is 85.2 Å². The molecule has 4 heterocycles. The first-order valence-corrected chi connectivity index (χ1v) is 9.10. The molecular formula is C18H24N6O2. The lowest BCUT2D eigenvalue weighted by Crippen LogP contribution is -2.53. The van der Waals surface area contributed by atoms with Crippen LogP contribution in [0.5, 0.6) is 0 Å². The van der Waals surface area contributed by atoms with Crippen molar-refractivity contribution in [1.82, 2.24) is 24.6 Å². The Kier molecular flexibility index (Phi) is 4.58. The second kappa shape index (κ2) is 7.03. The summed E-state index contributed by atoms with van der Waals surface area (Å²) in [7, 11) is 1.80. The van der Waals surface area contributed by atoms with Crippen LogP contribution in [0.4, 0.5) is 5.95 Å². The maximum Gasteiger partial charge on any atom is 0.272 e. The molecule has 26 heavy (non-hydrogen) atoms. The molecule has 138 valence electrons. The number of carbonyl (C=O) groups excluding carboxylic acids is 1. The summed E-state index contributed by atoms with van der Waals surface area (Å²) in [5.74, 6) is 0.710. The quantitative estimate of drug-likeness (QED) is 0.897. The monoisotopic (exact) mass is 356 g/mol. The van der Waals surface area contributed by atoms with E-state index >= 15 is 0 Å². The van der Waals surface area contributed by atoms with Crippen molar-refractivity contribution in [1.29, 1.82) is 0 Å². The van der Waals surface area contributed by atoms with Crippen LogP contribution in [0.2, 0.25) is 0 Å². The van der Waals surface area contributed by atoms with E-state index < -0.39 is 0 Å². The number of piperidine rings is 1. The highest BCUT2D eigenvalue weighted by atomic mass is 16.5. The lowest BCUT2D eigenvalue weighted by Gasteiger charge is -2.46. The number of carbonyl (C=O) groups is 1. The molecule has 0 aliphatic carbocycles. The first-order valence-electron chi connectivity index (χ1n) is 9.10. The van der Waals surface area contributed by atoms with Gasteiger partial charge in [-0.1, -0.05) is 0 Å². The fourth-order valence-electron chi connectivity index (χ4n) is 3.92. The molecule has 8 heteroatoms. The zero-order chi connectivity index (χ0) is 18.0. The largest absolute Gasteiger partial charge is 0.375 e. The van der Waals surface area contributed by atoms with Crippen molar-refractivity contribution in [3.05, 3.63) is 36.4 Å². The van der Waals surface area contributed by atoms with Crippen molar-refractivity contribution in [3.63, 3.8) is 0 Å². The molecule has 2 aromatic heterocycles. The molecule has 2 aliphatic rings. The van der Waals surface area contributed by atoms with E-state index in [0.29, 0.717) is 30.8 Å². The van der Waals surface area contributed by atoms with Crippen LogP contribution in [0.3, 0.4) is 0 Å². The van der Waals surface area contributed by atoms with Crippen molar-refractivity contribution >= 4 is 11.9 Å². The Hall–Kier alpha value is -2.48. The molecule has 1 N–H and O–H groups in total. The van der Waals surface area contributed by atoms with Crippen LogP contribution in [0.1, 0.15) is 36.2 Å². The van der Waals surface area contributed by atoms with E-state index in [1.54, 1.807) is 36.4 Å². The number of likely N-dealkylation sites (tertiary alicyclic amines) is 1. The van der Waals surface area contributed by atoms with Gasteiger partial charge in [0.25, 0.3) is 5.91 Å². The summed E-state index contributed by atoms with van der Waals surface area (Å²) in [6.07, 6.45) is 8.70. The standard InChI is InChI=1S/C18H24N6O2/c1-23-15(3-9-21-23)16(25)24-10-5-18(6-11-24)13-14(4-12-26-18)22-17-19-7-2-8-20-17/h2-3,7-9,14H,4-6,10-13H2,1H3,(H,19,20,22). The normalized spacial score (nSPS) is 22.3. The molecule has 0 saturated carbocycles. The zero-order valence-electron chi connectivity index (χ0n) is 15.0. The summed E-state index contributed by atoms with van der Waals surface area (Å²) in [4.78, 5) is 23.1. The lowest BCUT2D eigenvalue weighted by atomic mass is 9.82. The Balaban J connectivity index is 1.37. The molecule has 4 rings (SSSR count). The number of ether oxygens (including phenoxy) is 1. The number of nitrogens with one attached hydrogen (secondary N) is 1. The molecule has 2 aromatic rings. The summed E-state index contributed by atoms with van der Waals surface area (Å²) in [6.45, 7) is 2.14. The molecule has 1 unspecified atom stereocenters. The number of aromatic nitrogens is 4. The molecular weight excluding hydrogens is 332 g/mol. The molecule has 8 nitrogen and oxygen atoms in total. The van der Waals surface area contributed by atoms with E-state index in [1.165, 1.54) is 0 Å². The smallest absolute Gasteiger partial charge is 0.272 e. The third kappa shape index (κ3) is 3.41. The summed E-state index contributed by atoms with van der Waals surface area (Å²) in [5.41, 5.74) is 0.472. The highest BCUT2D eigenvalue weighted by molar-refractivity contribution is 5.92. The van der Waals surface area contributed by atoms with Gasteiger partial charge in [-0.2, -0.15) is 5.10 Å². The minimum Gasteiger partial charge on any atom is -0.375 e. The number of aryl methyl sites for hydroxylation is 1. The molecule has 2 saturated heterocycles. The first kappa shape index (κ1) is 17.0. The molecule has 2 fully saturated rings. The number of hydrogen-bond donors (Lipinski definition) is 1. The fraction of sp³-hybridized carbons (Fsp3) is 0.556. The highest BCUT2D eigenvalue weighted by Gasteiger charge is 2.41. The zero-order valence-corrected chi connectivity index (χ0v) is 15.0. The highest BCUT2D eigenvalue weighted by Crippen LogP contribution is 2.36. The van der Waals surface area contributed by atoms with Gasteiger partial charge in [0.15, 0.2) is 0 Å². The van der Waals surface area contributed by atoms with E-state index in [4.69, 9.17) is 4.74 Å². The second-order valence-corrected chi connectivity index (χ2v) is 7.07. The van der Waals surface area contributed by atoms with Crippen LogP contribution in [0.15, 0.2) is 30.7 Å². The van der Waals surface area contributed by atoms with Crippen LogP contribution in [0.25, 0.3) is 0 Å². The van der Waals surface area contributed by atoms with Crippen LogP contribution >= 0.6 is 0 Å². The fourth-order valence-corrected chi connectivity index (χ4v) is 3.92. The van der Waals surface area contributed by atoms with Crippen LogP contribution < -0.4 is 5.32 Å². The minimum absolute atomic E-state index is 0.0445. The minimum atomic E-state index is -0.159. The Bertz CT molecular complexity index is 754. The van der Waals surface area contributed by atoms with E-state index in [-0.39, 0.29) is 11.5 Å². The number of rotatable bonds is 3. The van der Waals surface area contributed by atoms with E-state index in [0.717, 1.165) is 32.3 Å². The van der Waals surface area contributed by atoms with Crippen molar-refractivity contribution < 1.29 is 9.53 Å². The lowest BCUT2D eigenvalue weighted by molar-refractivity contribution is -0.110. The van der Waals surface area contributed by atoms with Gasteiger partial charge in [0.2, 0.25) is 5.95 Å². The second-order valence-electron chi connectivity index (χ2n) is 7.07. The van der Waals surface area contributed by atoms with Crippen molar-refractivity contribution in [2.24, 2.45) is 7.05 Å². The Morgan fingerprint density at radius 3 is 2.73 bits per heavy atom. The third-order valence-electron chi connectivity index (χ3n) is 5.39. The van der Waals surface area contributed by atoms with E-state index in [2.05, 4.69) is 20.4 Å². The van der Waals surface area contributed by atoms with Crippen LogP contribution in [-0.2, 0) is 11.8 Å². The van der Waals surface area contributed by atoms with E-state index in [9.17, 15) is 4.79 Å². The summed E-state index contributed by atoms with van der Waals surface area (Å²) in [6, 6.07) is 3.88. The molecule has 1 spiro atoms. The first-order chi connectivity index (χ1) is 12.7.